The zero-order valence-electron chi connectivity index (χ0n) is 8.44. The van der Waals surface area contributed by atoms with Crippen LogP contribution in [0.25, 0.3) is 0 Å². The van der Waals surface area contributed by atoms with E-state index in [4.69, 9.17) is 0 Å². The Bertz CT molecular complexity index is 357. The van der Waals surface area contributed by atoms with Crippen molar-refractivity contribution < 1.29 is 13.2 Å². The molecule has 0 saturated carbocycles. The summed E-state index contributed by atoms with van der Waals surface area (Å²) in [6.07, 6.45) is 1.60. The molecule has 0 amide bonds. The third-order valence-corrected chi connectivity index (χ3v) is 2.87. The van der Waals surface area contributed by atoms with Gasteiger partial charge in [0.1, 0.15) is 5.82 Å². The number of aromatic nitrogens is 1. The summed E-state index contributed by atoms with van der Waals surface area (Å²) in [4.78, 5) is 4.06. The lowest BCUT2D eigenvalue weighted by molar-refractivity contribution is -0.0327. The smallest absolute Gasteiger partial charge is 0.369 e. The molecule has 0 aromatic carbocycles. The summed E-state index contributed by atoms with van der Waals surface area (Å²) in [7, 11) is 0. The van der Waals surface area contributed by atoms with Gasteiger partial charge in [-0.2, -0.15) is 13.2 Å². The van der Waals surface area contributed by atoms with Crippen molar-refractivity contribution in [3.05, 3.63) is 22.3 Å². The Morgan fingerprint density at radius 2 is 2.19 bits per heavy atom. The zero-order chi connectivity index (χ0) is 12.2. The van der Waals surface area contributed by atoms with Crippen LogP contribution in [-0.2, 0) is 0 Å². The van der Waals surface area contributed by atoms with Gasteiger partial charge in [0.05, 0.1) is 0 Å². The van der Waals surface area contributed by atoms with Crippen molar-refractivity contribution in [3.8, 4) is 0 Å². The van der Waals surface area contributed by atoms with E-state index < -0.39 is 5.51 Å². The molecular weight excluding hydrogens is 305 g/mol. The van der Waals surface area contributed by atoms with Crippen molar-refractivity contribution in [2.45, 2.75) is 12.4 Å². The molecule has 0 radical (unpaired) electrons. The van der Waals surface area contributed by atoms with Crippen LogP contribution in [0.3, 0.4) is 0 Å². The molecule has 0 bridgehead atoms. The standard InChI is InChI=1S/C9H10BrF3N2S/c1-6-4-7(10)5-15-8(6)14-2-3-16-9(11,12)13/h4-5H,2-3H2,1H3,(H,14,15). The van der Waals surface area contributed by atoms with Gasteiger partial charge in [0, 0.05) is 23.0 Å². The van der Waals surface area contributed by atoms with Gasteiger partial charge >= 0.3 is 5.51 Å². The maximum Gasteiger partial charge on any atom is 0.441 e. The number of thioether (sulfide) groups is 1. The molecule has 0 aliphatic heterocycles. The Hall–Kier alpha value is -0.430. The van der Waals surface area contributed by atoms with E-state index in [0.29, 0.717) is 5.82 Å². The lowest BCUT2D eigenvalue weighted by Gasteiger charge is -2.09. The van der Waals surface area contributed by atoms with Crippen molar-refractivity contribution in [3.63, 3.8) is 0 Å². The molecule has 1 heterocycles. The predicted octanol–water partition coefficient (Wildman–Crippen LogP) is 3.82. The number of halogens is 4. The minimum atomic E-state index is -4.16. The summed E-state index contributed by atoms with van der Waals surface area (Å²) in [5, 5.41) is 2.86. The first-order valence-electron chi connectivity index (χ1n) is 4.45. The summed E-state index contributed by atoms with van der Waals surface area (Å²) in [5.41, 5.74) is -3.27. The minimum Gasteiger partial charge on any atom is -0.369 e. The number of nitrogens with zero attached hydrogens (tertiary/aromatic N) is 1. The lowest BCUT2D eigenvalue weighted by atomic mass is 10.3. The summed E-state index contributed by atoms with van der Waals surface area (Å²) in [5.74, 6) is 0.590. The maximum atomic E-state index is 11.8. The average molecular weight is 315 g/mol. The number of alkyl halides is 3. The van der Waals surface area contributed by atoms with E-state index in [0.717, 1.165) is 10.0 Å². The molecule has 1 aromatic heterocycles. The molecule has 1 N–H and O–H groups in total. The molecule has 0 saturated heterocycles. The monoisotopic (exact) mass is 314 g/mol. The van der Waals surface area contributed by atoms with Crippen LogP contribution in [0.1, 0.15) is 5.56 Å². The molecule has 0 atom stereocenters. The molecule has 0 unspecified atom stereocenters. The van der Waals surface area contributed by atoms with E-state index in [1.807, 2.05) is 13.0 Å². The first kappa shape index (κ1) is 13.6. The Morgan fingerprint density at radius 3 is 2.75 bits per heavy atom. The van der Waals surface area contributed by atoms with Gasteiger partial charge in [-0.3, -0.25) is 0 Å². The Kier molecular flexibility index (Phi) is 4.91. The Balaban J connectivity index is 2.38. The van der Waals surface area contributed by atoms with Crippen molar-refractivity contribution >= 4 is 33.5 Å². The van der Waals surface area contributed by atoms with Crippen LogP contribution in [0.15, 0.2) is 16.7 Å². The van der Waals surface area contributed by atoms with Crippen LogP contribution in [-0.4, -0.2) is 22.8 Å². The maximum absolute atomic E-state index is 11.8. The minimum absolute atomic E-state index is 0.0271. The summed E-state index contributed by atoms with van der Waals surface area (Å²) >= 11 is 3.22. The number of rotatable bonds is 4. The molecule has 0 aliphatic carbocycles. The highest BCUT2D eigenvalue weighted by Crippen LogP contribution is 2.29. The molecule has 1 rings (SSSR count). The van der Waals surface area contributed by atoms with Gasteiger partial charge in [-0.15, -0.1) is 0 Å². The van der Waals surface area contributed by atoms with E-state index in [1.54, 1.807) is 6.20 Å². The number of aryl methyl sites for hydroxylation is 1. The quantitative estimate of drug-likeness (QED) is 0.855. The van der Waals surface area contributed by atoms with Gasteiger partial charge in [0.15, 0.2) is 0 Å². The second-order valence-corrected chi connectivity index (χ2v) is 5.12. The van der Waals surface area contributed by atoms with Crippen molar-refractivity contribution in [1.82, 2.24) is 4.98 Å². The highest BCUT2D eigenvalue weighted by Gasteiger charge is 2.27. The molecule has 0 fully saturated rings. The van der Waals surface area contributed by atoms with Gasteiger partial charge in [-0.25, -0.2) is 4.98 Å². The molecule has 7 heteroatoms. The SMILES string of the molecule is Cc1cc(Br)cnc1NCCSC(F)(F)F. The van der Waals surface area contributed by atoms with E-state index in [9.17, 15) is 13.2 Å². The summed E-state index contributed by atoms with van der Waals surface area (Å²) < 4.78 is 36.3. The van der Waals surface area contributed by atoms with Crippen LogP contribution in [0.2, 0.25) is 0 Å². The second kappa shape index (κ2) is 5.77. The van der Waals surface area contributed by atoms with E-state index in [-0.39, 0.29) is 24.1 Å². The summed E-state index contributed by atoms with van der Waals surface area (Å²) in [6.45, 7) is 2.08. The topological polar surface area (TPSA) is 24.9 Å². The van der Waals surface area contributed by atoms with Crippen LogP contribution in [0, 0.1) is 6.92 Å². The number of anilines is 1. The molecule has 2 nitrogen and oxygen atoms in total. The Labute approximate surface area is 104 Å². The first-order valence-corrected chi connectivity index (χ1v) is 6.23. The van der Waals surface area contributed by atoms with Gasteiger partial charge in [0.25, 0.3) is 0 Å². The van der Waals surface area contributed by atoms with E-state index in [2.05, 4.69) is 26.2 Å². The van der Waals surface area contributed by atoms with Gasteiger partial charge in [-0.1, -0.05) is 0 Å². The molecule has 0 spiro atoms. The van der Waals surface area contributed by atoms with E-state index in [1.165, 1.54) is 0 Å². The average Bonchev–Trinajstić information content (AvgIpc) is 2.13. The second-order valence-electron chi connectivity index (χ2n) is 3.04. The third-order valence-electron chi connectivity index (χ3n) is 1.71. The van der Waals surface area contributed by atoms with Crippen molar-refractivity contribution in [2.24, 2.45) is 0 Å². The van der Waals surface area contributed by atoms with Crippen LogP contribution >= 0.6 is 27.7 Å². The van der Waals surface area contributed by atoms with Crippen molar-refractivity contribution in [2.75, 3.05) is 17.6 Å². The fraction of sp³-hybridized carbons (Fsp3) is 0.444. The Morgan fingerprint density at radius 1 is 1.50 bits per heavy atom. The normalized spacial score (nSPS) is 11.6. The van der Waals surface area contributed by atoms with Gasteiger partial charge in [0.2, 0.25) is 0 Å². The first-order chi connectivity index (χ1) is 7.38. The highest BCUT2D eigenvalue weighted by molar-refractivity contribution is 9.10. The number of pyridine rings is 1. The van der Waals surface area contributed by atoms with Gasteiger partial charge in [-0.05, 0) is 46.2 Å². The summed E-state index contributed by atoms with van der Waals surface area (Å²) in [6, 6.07) is 1.85. The number of nitrogens with one attached hydrogen (secondary N) is 1. The highest BCUT2D eigenvalue weighted by atomic mass is 79.9. The molecule has 16 heavy (non-hydrogen) atoms. The van der Waals surface area contributed by atoms with Crippen LogP contribution in [0.5, 0.6) is 0 Å². The molecule has 90 valence electrons. The van der Waals surface area contributed by atoms with Crippen LogP contribution in [0.4, 0.5) is 19.0 Å². The predicted molar refractivity (Wildman–Crippen MR) is 63.7 cm³/mol. The third kappa shape index (κ3) is 5.07. The fourth-order valence-corrected chi connectivity index (χ4v) is 1.94. The van der Waals surface area contributed by atoms with Crippen LogP contribution < -0.4 is 5.32 Å². The molecule has 0 aliphatic rings. The number of hydrogen-bond donors (Lipinski definition) is 1. The zero-order valence-corrected chi connectivity index (χ0v) is 10.8. The van der Waals surface area contributed by atoms with Gasteiger partial charge < -0.3 is 5.32 Å². The number of hydrogen-bond acceptors (Lipinski definition) is 3. The fourth-order valence-electron chi connectivity index (χ4n) is 1.06. The van der Waals surface area contributed by atoms with Crippen molar-refractivity contribution in [1.29, 1.82) is 0 Å². The lowest BCUT2D eigenvalue weighted by Crippen LogP contribution is -2.11. The van der Waals surface area contributed by atoms with E-state index >= 15 is 0 Å². The molecule has 1 aromatic rings. The molecular formula is C9H10BrF3N2S. The largest absolute Gasteiger partial charge is 0.441 e.